The van der Waals surface area contributed by atoms with Crippen molar-refractivity contribution in [3.05, 3.63) is 24.3 Å². The second kappa shape index (κ2) is 7.22. The average Bonchev–Trinajstić information content (AvgIpc) is 2.41. The summed E-state index contributed by atoms with van der Waals surface area (Å²) in [5.41, 5.74) is 1.40. The van der Waals surface area contributed by atoms with Crippen molar-refractivity contribution in [1.29, 1.82) is 0 Å². The first-order chi connectivity index (χ1) is 10.0. The zero-order valence-electron chi connectivity index (χ0n) is 12.7. The number of rotatable bonds is 4. The van der Waals surface area contributed by atoms with Crippen LogP contribution in [-0.2, 0) is 9.59 Å². The highest BCUT2D eigenvalue weighted by molar-refractivity contribution is 5.93. The van der Waals surface area contributed by atoms with Crippen LogP contribution in [0.2, 0.25) is 0 Å². The average molecular weight is 289 g/mol. The molecule has 0 aliphatic carbocycles. The number of likely N-dealkylation sites (tertiary alicyclic amines) is 1. The predicted octanol–water partition coefficient (Wildman–Crippen LogP) is 2.46. The van der Waals surface area contributed by atoms with Gasteiger partial charge in [0, 0.05) is 30.8 Å². The summed E-state index contributed by atoms with van der Waals surface area (Å²) in [6.45, 7) is 2.53. The maximum absolute atomic E-state index is 12.1. The quantitative estimate of drug-likeness (QED) is 0.895. The maximum atomic E-state index is 12.1. The highest BCUT2D eigenvalue weighted by atomic mass is 16.2. The summed E-state index contributed by atoms with van der Waals surface area (Å²) in [5, 5.41) is 5.61. The Morgan fingerprint density at radius 1 is 1.24 bits per heavy atom. The number of carbonyl (C=O) groups excluding carboxylic acids is 2. The predicted molar refractivity (Wildman–Crippen MR) is 84.3 cm³/mol. The lowest BCUT2D eigenvalue weighted by atomic mass is 10.00. The highest BCUT2D eigenvalue weighted by Crippen LogP contribution is 2.19. The molecule has 5 heteroatoms. The Morgan fingerprint density at radius 3 is 2.62 bits per heavy atom. The number of nitrogens with zero attached hydrogens (tertiary/aromatic N) is 1. The van der Waals surface area contributed by atoms with Crippen LogP contribution < -0.4 is 10.6 Å². The van der Waals surface area contributed by atoms with Gasteiger partial charge in [-0.05, 0) is 44.6 Å². The van der Waals surface area contributed by atoms with Crippen LogP contribution in [0.25, 0.3) is 0 Å². The molecule has 0 aromatic heterocycles. The van der Waals surface area contributed by atoms with Gasteiger partial charge in [0.1, 0.15) is 0 Å². The molecule has 1 aliphatic heterocycles. The maximum Gasteiger partial charge on any atom is 0.225 e. The number of amides is 2. The molecule has 1 unspecified atom stereocenters. The molecule has 114 valence electrons. The van der Waals surface area contributed by atoms with Gasteiger partial charge in [-0.15, -0.1) is 0 Å². The van der Waals surface area contributed by atoms with Crippen molar-refractivity contribution in [3.8, 4) is 0 Å². The number of hydrogen-bond donors (Lipinski definition) is 2. The van der Waals surface area contributed by atoms with Gasteiger partial charge in [0.15, 0.2) is 0 Å². The van der Waals surface area contributed by atoms with Crippen molar-refractivity contribution < 1.29 is 9.59 Å². The summed E-state index contributed by atoms with van der Waals surface area (Å²) in [5.74, 6) is -0.101. The second-order valence-corrected chi connectivity index (χ2v) is 5.64. The molecule has 21 heavy (non-hydrogen) atoms. The third-order valence-corrected chi connectivity index (χ3v) is 3.81. The lowest BCUT2D eigenvalue weighted by Crippen LogP contribution is -2.38. The smallest absolute Gasteiger partial charge is 0.225 e. The van der Waals surface area contributed by atoms with Crippen molar-refractivity contribution in [2.75, 3.05) is 24.2 Å². The molecule has 2 amide bonds. The van der Waals surface area contributed by atoms with Crippen molar-refractivity contribution in [2.45, 2.75) is 38.6 Å². The molecule has 1 aliphatic rings. The molecule has 1 atom stereocenters. The summed E-state index contributed by atoms with van der Waals surface area (Å²) in [4.78, 5) is 25.4. The van der Waals surface area contributed by atoms with Gasteiger partial charge >= 0.3 is 0 Å². The topological polar surface area (TPSA) is 61.4 Å². The monoisotopic (exact) mass is 289 g/mol. The Balaban J connectivity index is 1.91. The zero-order valence-corrected chi connectivity index (χ0v) is 12.7. The standard InChI is InChI=1S/C16H23N3O2/c1-12(20)17-13-6-5-7-14(10-13)18-16(21)11-15-8-3-4-9-19(15)2/h5-7,10,15H,3-4,8-9,11H2,1-2H3,(H,17,20)(H,18,21). The first kappa shape index (κ1) is 15.5. The Labute approximate surface area is 125 Å². The minimum Gasteiger partial charge on any atom is -0.326 e. The van der Waals surface area contributed by atoms with Gasteiger partial charge in [-0.2, -0.15) is 0 Å². The van der Waals surface area contributed by atoms with Crippen molar-refractivity contribution in [1.82, 2.24) is 4.90 Å². The van der Waals surface area contributed by atoms with Crippen LogP contribution >= 0.6 is 0 Å². The third-order valence-electron chi connectivity index (χ3n) is 3.81. The van der Waals surface area contributed by atoms with E-state index >= 15 is 0 Å². The Morgan fingerprint density at radius 2 is 1.95 bits per heavy atom. The SMILES string of the molecule is CC(=O)Nc1cccc(NC(=O)CC2CCCCN2C)c1. The van der Waals surface area contributed by atoms with E-state index < -0.39 is 0 Å². The molecule has 1 fully saturated rings. The van der Waals surface area contributed by atoms with Crippen LogP contribution in [0.4, 0.5) is 11.4 Å². The number of nitrogens with one attached hydrogen (secondary N) is 2. The molecule has 1 aromatic rings. The number of anilines is 2. The minimum atomic E-state index is -0.123. The first-order valence-corrected chi connectivity index (χ1v) is 7.42. The van der Waals surface area contributed by atoms with Gasteiger partial charge in [-0.3, -0.25) is 9.59 Å². The number of carbonyl (C=O) groups is 2. The van der Waals surface area contributed by atoms with E-state index in [-0.39, 0.29) is 11.8 Å². The van der Waals surface area contributed by atoms with Crippen LogP contribution in [0.1, 0.15) is 32.6 Å². The van der Waals surface area contributed by atoms with Crippen molar-refractivity contribution in [2.24, 2.45) is 0 Å². The van der Waals surface area contributed by atoms with Crippen molar-refractivity contribution >= 4 is 23.2 Å². The van der Waals surface area contributed by atoms with Crippen LogP contribution in [-0.4, -0.2) is 36.3 Å². The summed E-state index contributed by atoms with van der Waals surface area (Å²) >= 11 is 0. The molecule has 0 bridgehead atoms. The van der Waals surface area contributed by atoms with E-state index in [4.69, 9.17) is 0 Å². The van der Waals surface area contributed by atoms with Gasteiger partial charge in [0.05, 0.1) is 0 Å². The van der Waals surface area contributed by atoms with E-state index in [1.54, 1.807) is 12.1 Å². The van der Waals surface area contributed by atoms with E-state index in [9.17, 15) is 9.59 Å². The summed E-state index contributed by atoms with van der Waals surface area (Å²) in [6, 6.07) is 7.54. The molecular formula is C16H23N3O2. The molecule has 0 spiro atoms. The zero-order chi connectivity index (χ0) is 15.2. The third kappa shape index (κ3) is 4.86. The van der Waals surface area contributed by atoms with Gasteiger partial charge in [0.25, 0.3) is 0 Å². The first-order valence-electron chi connectivity index (χ1n) is 7.42. The molecule has 2 rings (SSSR count). The van der Waals surface area contributed by atoms with E-state index in [2.05, 4.69) is 22.6 Å². The second-order valence-electron chi connectivity index (χ2n) is 5.64. The van der Waals surface area contributed by atoms with Crippen LogP contribution in [0.5, 0.6) is 0 Å². The van der Waals surface area contributed by atoms with E-state index in [1.807, 2.05) is 12.1 Å². The van der Waals surface area contributed by atoms with Gasteiger partial charge in [-0.1, -0.05) is 12.5 Å². The number of piperidine rings is 1. The molecule has 1 heterocycles. The molecule has 0 saturated carbocycles. The van der Waals surface area contributed by atoms with Crippen LogP contribution in [0.15, 0.2) is 24.3 Å². The fourth-order valence-corrected chi connectivity index (χ4v) is 2.71. The van der Waals surface area contributed by atoms with Crippen molar-refractivity contribution in [3.63, 3.8) is 0 Å². The number of benzene rings is 1. The fraction of sp³-hybridized carbons (Fsp3) is 0.500. The molecular weight excluding hydrogens is 266 g/mol. The van der Waals surface area contributed by atoms with Crippen LogP contribution in [0, 0.1) is 0 Å². The number of hydrogen-bond acceptors (Lipinski definition) is 3. The minimum absolute atomic E-state index is 0.0220. The van der Waals surface area contributed by atoms with Gasteiger partial charge < -0.3 is 15.5 Å². The molecule has 5 nitrogen and oxygen atoms in total. The van der Waals surface area contributed by atoms with E-state index in [0.29, 0.717) is 23.8 Å². The van der Waals surface area contributed by atoms with E-state index in [0.717, 1.165) is 13.0 Å². The molecule has 1 saturated heterocycles. The lowest BCUT2D eigenvalue weighted by Gasteiger charge is -2.31. The fourth-order valence-electron chi connectivity index (χ4n) is 2.71. The molecule has 1 aromatic carbocycles. The molecule has 2 N–H and O–H groups in total. The lowest BCUT2D eigenvalue weighted by molar-refractivity contribution is -0.117. The Hall–Kier alpha value is -1.88. The van der Waals surface area contributed by atoms with E-state index in [1.165, 1.54) is 19.8 Å². The Kier molecular flexibility index (Phi) is 5.33. The van der Waals surface area contributed by atoms with Gasteiger partial charge in [0.2, 0.25) is 11.8 Å². The summed E-state index contributed by atoms with van der Waals surface area (Å²) in [7, 11) is 2.08. The van der Waals surface area contributed by atoms with Crippen LogP contribution in [0.3, 0.4) is 0 Å². The molecule has 0 radical (unpaired) electrons. The van der Waals surface area contributed by atoms with Gasteiger partial charge in [-0.25, -0.2) is 0 Å². The summed E-state index contributed by atoms with van der Waals surface area (Å²) in [6.07, 6.45) is 4.00. The normalized spacial score (nSPS) is 19.0. The largest absolute Gasteiger partial charge is 0.326 e. The Bertz CT molecular complexity index is 516. The summed E-state index contributed by atoms with van der Waals surface area (Å²) < 4.78 is 0. The highest BCUT2D eigenvalue weighted by Gasteiger charge is 2.21.